The van der Waals surface area contributed by atoms with Crippen molar-refractivity contribution >= 4 is 35.3 Å². The lowest BCUT2D eigenvalue weighted by Crippen LogP contribution is -2.39. The van der Waals surface area contributed by atoms with Gasteiger partial charge in [0.25, 0.3) is 0 Å². The number of carbonyl (C=O) groups excluding carboxylic acids is 2. The highest BCUT2D eigenvalue weighted by molar-refractivity contribution is 7.99. The summed E-state index contributed by atoms with van der Waals surface area (Å²) in [5, 5.41) is 5.41. The summed E-state index contributed by atoms with van der Waals surface area (Å²) in [6, 6.07) is 7.65. The Kier molecular flexibility index (Phi) is 9.85. The van der Waals surface area contributed by atoms with Crippen LogP contribution in [0.15, 0.2) is 52.3 Å². The van der Waals surface area contributed by atoms with E-state index in [0.29, 0.717) is 24.0 Å². The molecule has 0 spiro atoms. The van der Waals surface area contributed by atoms with E-state index in [0.717, 1.165) is 24.3 Å². The number of alkyl halides is 6. The zero-order valence-electron chi connectivity index (χ0n) is 20.2. The summed E-state index contributed by atoms with van der Waals surface area (Å²) in [7, 11) is 1.67. The van der Waals surface area contributed by atoms with Gasteiger partial charge in [-0.25, -0.2) is 0 Å². The highest BCUT2D eigenvalue weighted by atomic mass is 32.2. The first kappa shape index (κ1) is 29.5. The number of benzene rings is 2. The van der Waals surface area contributed by atoms with E-state index >= 15 is 0 Å². The molecule has 1 aliphatic rings. The predicted octanol–water partition coefficient (Wildman–Crippen LogP) is 5.30. The van der Waals surface area contributed by atoms with Crippen molar-refractivity contribution in [2.45, 2.75) is 28.6 Å². The maximum Gasteiger partial charge on any atom is 0.418 e. The van der Waals surface area contributed by atoms with E-state index in [9.17, 15) is 35.9 Å². The summed E-state index contributed by atoms with van der Waals surface area (Å²) >= 11 is 0.489. The van der Waals surface area contributed by atoms with Crippen LogP contribution in [0.4, 0.5) is 32.0 Å². The second-order valence-electron chi connectivity index (χ2n) is 8.20. The van der Waals surface area contributed by atoms with Crippen LogP contribution in [-0.2, 0) is 26.7 Å². The van der Waals surface area contributed by atoms with Crippen molar-refractivity contribution in [3.63, 3.8) is 0 Å². The molecule has 0 atom stereocenters. The van der Waals surface area contributed by atoms with Crippen LogP contribution in [-0.4, -0.2) is 56.6 Å². The largest absolute Gasteiger partial charge is 0.418 e. The highest BCUT2D eigenvalue weighted by Gasteiger charge is 2.46. The predicted molar refractivity (Wildman–Crippen MR) is 131 cm³/mol. The third-order valence-electron chi connectivity index (χ3n) is 5.44. The Morgan fingerprint density at radius 2 is 1.71 bits per heavy atom. The first-order chi connectivity index (χ1) is 17.9. The van der Waals surface area contributed by atoms with E-state index < -0.39 is 39.8 Å². The van der Waals surface area contributed by atoms with Gasteiger partial charge in [0.05, 0.1) is 24.3 Å². The van der Waals surface area contributed by atoms with Crippen molar-refractivity contribution in [2.75, 3.05) is 45.2 Å². The molecule has 0 aromatic heterocycles. The molecular weight excluding hydrogens is 536 g/mol. The quantitative estimate of drug-likeness (QED) is 0.339. The topological polar surface area (TPSA) is 70.7 Å². The summed E-state index contributed by atoms with van der Waals surface area (Å²) in [4.78, 5) is 25.2. The number of ether oxygens (including phenoxy) is 1. The first-order valence-corrected chi connectivity index (χ1v) is 12.3. The molecule has 3 rings (SSSR count). The Morgan fingerprint density at radius 1 is 1.03 bits per heavy atom. The van der Waals surface area contributed by atoms with Crippen molar-refractivity contribution in [2.24, 2.45) is 0 Å². The number of morpholine rings is 1. The maximum absolute atomic E-state index is 14.1. The summed E-state index contributed by atoms with van der Waals surface area (Å²) in [5.41, 5.74) is -4.21. The van der Waals surface area contributed by atoms with Crippen LogP contribution in [0.25, 0.3) is 6.08 Å². The van der Waals surface area contributed by atoms with Gasteiger partial charge in [-0.05, 0) is 43.0 Å². The molecule has 0 bridgehead atoms. The Morgan fingerprint density at radius 3 is 2.34 bits per heavy atom. The molecular formula is C25H25F6N3O3S. The van der Waals surface area contributed by atoms with Crippen LogP contribution in [0, 0.1) is 0 Å². The zero-order valence-corrected chi connectivity index (χ0v) is 21.0. The van der Waals surface area contributed by atoms with E-state index in [1.165, 1.54) is 29.2 Å². The number of amides is 2. The third kappa shape index (κ3) is 7.98. The minimum Gasteiger partial charge on any atom is -0.378 e. The van der Waals surface area contributed by atoms with Crippen LogP contribution >= 0.6 is 11.8 Å². The minimum atomic E-state index is -5.35. The fourth-order valence-corrected chi connectivity index (χ4v) is 4.73. The molecule has 6 nitrogen and oxygen atoms in total. The van der Waals surface area contributed by atoms with Crippen LogP contribution < -0.4 is 10.6 Å². The molecule has 2 amide bonds. The number of anilines is 1. The van der Waals surface area contributed by atoms with Gasteiger partial charge >= 0.3 is 12.4 Å². The number of hydrogen-bond donors (Lipinski definition) is 2. The molecule has 2 aromatic rings. The number of hydrogen-bond acceptors (Lipinski definition) is 5. The molecule has 38 heavy (non-hydrogen) atoms. The van der Waals surface area contributed by atoms with Gasteiger partial charge in [-0.2, -0.15) is 26.3 Å². The Hall–Kier alpha value is -3.03. The monoisotopic (exact) mass is 561 g/mol. The van der Waals surface area contributed by atoms with Crippen molar-refractivity contribution in [3.05, 3.63) is 59.2 Å². The molecule has 2 aromatic carbocycles. The van der Waals surface area contributed by atoms with Gasteiger partial charge in [-0.15, -0.1) is 0 Å². The SMILES string of the molecule is CNCCC(=O)Nc1cccc(Sc2ccc(C=CC(=O)N3CCOCC3)c(C(F)(F)F)c2C(F)(F)F)c1. The minimum absolute atomic E-state index is 0.157. The zero-order chi connectivity index (χ0) is 27.9. The fourth-order valence-electron chi connectivity index (χ4n) is 3.69. The molecule has 13 heteroatoms. The average molecular weight is 562 g/mol. The van der Waals surface area contributed by atoms with Gasteiger partial charge in [-0.1, -0.05) is 23.9 Å². The van der Waals surface area contributed by atoms with E-state index in [4.69, 9.17) is 4.74 Å². The normalized spacial score (nSPS) is 14.7. The number of nitrogens with zero attached hydrogens (tertiary/aromatic N) is 1. The second-order valence-corrected chi connectivity index (χ2v) is 9.32. The lowest BCUT2D eigenvalue weighted by molar-refractivity contribution is -0.163. The Balaban J connectivity index is 1.97. The molecule has 0 unspecified atom stereocenters. The van der Waals surface area contributed by atoms with Gasteiger partial charge in [-0.3, -0.25) is 9.59 Å². The molecule has 1 fully saturated rings. The molecule has 1 heterocycles. The Bertz CT molecular complexity index is 1180. The van der Waals surface area contributed by atoms with Crippen LogP contribution in [0.2, 0.25) is 0 Å². The van der Waals surface area contributed by atoms with Gasteiger partial charge < -0.3 is 20.3 Å². The molecule has 2 N–H and O–H groups in total. The number of nitrogens with one attached hydrogen (secondary N) is 2. The van der Waals surface area contributed by atoms with Gasteiger partial charge in [0, 0.05) is 47.6 Å². The Labute approximate surface area is 219 Å². The van der Waals surface area contributed by atoms with Crippen LogP contribution in [0.3, 0.4) is 0 Å². The van der Waals surface area contributed by atoms with Crippen molar-refractivity contribution in [3.8, 4) is 0 Å². The van der Waals surface area contributed by atoms with E-state index in [2.05, 4.69) is 10.6 Å². The van der Waals surface area contributed by atoms with E-state index in [1.54, 1.807) is 7.05 Å². The molecule has 0 radical (unpaired) electrons. The lowest BCUT2D eigenvalue weighted by Gasteiger charge is -2.25. The van der Waals surface area contributed by atoms with Crippen molar-refractivity contribution in [1.82, 2.24) is 10.2 Å². The number of rotatable bonds is 8. The van der Waals surface area contributed by atoms with Crippen molar-refractivity contribution < 1.29 is 40.7 Å². The fraction of sp³-hybridized carbons (Fsp3) is 0.360. The summed E-state index contributed by atoms with van der Waals surface area (Å²) in [6.45, 7) is 1.40. The average Bonchev–Trinajstić information content (AvgIpc) is 2.85. The smallest absolute Gasteiger partial charge is 0.378 e. The molecule has 1 saturated heterocycles. The summed E-state index contributed by atoms with van der Waals surface area (Å²) < 4.78 is 89.5. The lowest BCUT2D eigenvalue weighted by atomic mass is 9.99. The van der Waals surface area contributed by atoms with Gasteiger partial charge in [0.15, 0.2) is 0 Å². The third-order valence-corrected chi connectivity index (χ3v) is 6.49. The second kappa shape index (κ2) is 12.7. The van der Waals surface area contributed by atoms with Gasteiger partial charge in [0.2, 0.25) is 11.8 Å². The summed E-state index contributed by atoms with van der Waals surface area (Å²) in [6.07, 6.45) is -8.95. The van der Waals surface area contributed by atoms with Gasteiger partial charge in [0.1, 0.15) is 0 Å². The molecule has 206 valence electrons. The highest BCUT2D eigenvalue weighted by Crippen LogP contribution is 2.48. The number of carbonyl (C=O) groups is 2. The summed E-state index contributed by atoms with van der Waals surface area (Å²) in [5.74, 6) is -0.957. The molecule has 0 aliphatic carbocycles. The first-order valence-electron chi connectivity index (χ1n) is 11.5. The van der Waals surface area contributed by atoms with Crippen LogP contribution in [0.5, 0.6) is 0 Å². The molecule has 0 saturated carbocycles. The van der Waals surface area contributed by atoms with E-state index in [-0.39, 0.29) is 43.5 Å². The number of halogens is 6. The maximum atomic E-state index is 14.1. The molecule has 1 aliphatic heterocycles. The van der Waals surface area contributed by atoms with Crippen molar-refractivity contribution in [1.29, 1.82) is 0 Å². The van der Waals surface area contributed by atoms with Crippen LogP contribution in [0.1, 0.15) is 23.1 Å². The van der Waals surface area contributed by atoms with E-state index in [1.807, 2.05) is 0 Å². The standard InChI is InChI=1S/C25H25F6N3O3S/c1-32-10-9-20(35)33-17-3-2-4-18(15-17)38-19-7-5-16(6-8-21(36)34-11-13-37-14-12-34)22(24(26,27)28)23(19)25(29,30)31/h2-8,15,32H,9-14H2,1H3,(H,33,35).